The van der Waals surface area contributed by atoms with Crippen LogP contribution in [-0.4, -0.2) is 36.6 Å². The van der Waals surface area contributed by atoms with E-state index in [0.717, 1.165) is 0 Å². The lowest BCUT2D eigenvalue weighted by Gasteiger charge is -2.38. The Morgan fingerprint density at radius 1 is 1.08 bits per heavy atom. The minimum Gasteiger partial charge on any atom is -0.308 e. The van der Waals surface area contributed by atoms with Crippen molar-refractivity contribution in [1.82, 2.24) is 10.2 Å². The monoisotopic (exact) mass is 172 g/mol. The van der Waals surface area contributed by atoms with Crippen LogP contribution in [0.15, 0.2) is 0 Å². The van der Waals surface area contributed by atoms with Crippen molar-refractivity contribution in [2.24, 2.45) is 0 Å². The molecule has 74 valence electrons. The Labute approximate surface area is 77.3 Å². The molecule has 1 atom stereocenters. The minimum absolute atomic E-state index is 0.178. The van der Waals surface area contributed by atoms with Crippen LogP contribution in [0.2, 0.25) is 0 Å². The van der Waals surface area contributed by atoms with Crippen molar-refractivity contribution in [3.05, 3.63) is 0 Å². The molecule has 0 bridgehead atoms. The zero-order chi connectivity index (χ0) is 9.94. The van der Waals surface area contributed by atoms with E-state index in [9.17, 15) is 0 Å². The molecule has 0 saturated carbocycles. The fourth-order valence-corrected chi connectivity index (χ4v) is 1.51. The predicted molar refractivity (Wildman–Crippen MR) is 55.5 cm³/mol. The topological polar surface area (TPSA) is 15.3 Å². The SMILES string of the molecule is CC(C)NC(C)(C)C(C)N(C)C. The molecule has 0 rings (SSSR count). The molecule has 1 N–H and O–H groups in total. The normalized spacial score (nSPS) is 15.8. The molecular formula is C10H24N2. The summed E-state index contributed by atoms with van der Waals surface area (Å²) < 4.78 is 0. The van der Waals surface area contributed by atoms with Gasteiger partial charge in [0.1, 0.15) is 0 Å². The second kappa shape index (κ2) is 4.24. The summed E-state index contributed by atoms with van der Waals surface area (Å²) in [6, 6.07) is 1.09. The largest absolute Gasteiger partial charge is 0.308 e. The smallest absolute Gasteiger partial charge is 0.0279 e. The van der Waals surface area contributed by atoms with Crippen molar-refractivity contribution >= 4 is 0 Å². The molecule has 2 heteroatoms. The molecule has 12 heavy (non-hydrogen) atoms. The molecule has 0 aliphatic rings. The highest BCUT2D eigenvalue weighted by molar-refractivity contribution is 4.89. The maximum Gasteiger partial charge on any atom is 0.0279 e. The Morgan fingerprint density at radius 2 is 1.50 bits per heavy atom. The van der Waals surface area contributed by atoms with E-state index in [4.69, 9.17) is 0 Å². The molecule has 0 fully saturated rings. The summed E-state index contributed by atoms with van der Waals surface area (Å²) in [6.45, 7) is 11.1. The Hall–Kier alpha value is -0.0800. The van der Waals surface area contributed by atoms with Crippen molar-refractivity contribution in [2.45, 2.75) is 52.2 Å². The summed E-state index contributed by atoms with van der Waals surface area (Å²) >= 11 is 0. The number of rotatable bonds is 4. The van der Waals surface area contributed by atoms with Crippen LogP contribution in [0.4, 0.5) is 0 Å². The van der Waals surface area contributed by atoms with Crippen molar-refractivity contribution < 1.29 is 0 Å². The zero-order valence-electron chi connectivity index (χ0n) is 9.60. The van der Waals surface area contributed by atoms with Crippen LogP contribution >= 0.6 is 0 Å². The lowest BCUT2D eigenvalue weighted by molar-refractivity contribution is 0.174. The van der Waals surface area contributed by atoms with Gasteiger partial charge in [0, 0.05) is 17.6 Å². The van der Waals surface area contributed by atoms with Gasteiger partial charge >= 0.3 is 0 Å². The first-order valence-corrected chi connectivity index (χ1v) is 4.71. The quantitative estimate of drug-likeness (QED) is 0.694. The van der Waals surface area contributed by atoms with Gasteiger partial charge in [-0.1, -0.05) is 13.8 Å². The molecule has 0 aromatic heterocycles. The molecule has 0 heterocycles. The fraction of sp³-hybridized carbons (Fsp3) is 1.00. The summed E-state index contributed by atoms with van der Waals surface area (Å²) in [6.07, 6.45) is 0. The Kier molecular flexibility index (Phi) is 4.21. The second-order valence-electron chi connectivity index (χ2n) is 4.66. The van der Waals surface area contributed by atoms with Crippen LogP contribution in [0.25, 0.3) is 0 Å². The molecule has 0 radical (unpaired) electrons. The third-order valence-corrected chi connectivity index (χ3v) is 2.48. The molecule has 0 aliphatic carbocycles. The van der Waals surface area contributed by atoms with Gasteiger partial charge in [0.2, 0.25) is 0 Å². The van der Waals surface area contributed by atoms with Gasteiger partial charge in [-0.3, -0.25) is 0 Å². The molecule has 0 aromatic carbocycles. The van der Waals surface area contributed by atoms with Crippen LogP contribution in [-0.2, 0) is 0 Å². The maximum atomic E-state index is 3.56. The maximum absolute atomic E-state index is 3.56. The Bertz CT molecular complexity index is 128. The fourth-order valence-electron chi connectivity index (χ4n) is 1.51. The average molecular weight is 172 g/mol. The summed E-state index contributed by atoms with van der Waals surface area (Å²) in [7, 11) is 4.24. The number of likely N-dealkylation sites (N-methyl/N-ethyl adjacent to an activating group) is 1. The van der Waals surface area contributed by atoms with Crippen molar-refractivity contribution in [3.63, 3.8) is 0 Å². The summed E-state index contributed by atoms with van der Waals surface area (Å²) in [5.41, 5.74) is 0.178. The molecule has 1 unspecified atom stereocenters. The zero-order valence-corrected chi connectivity index (χ0v) is 9.60. The van der Waals surface area contributed by atoms with E-state index >= 15 is 0 Å². The van der Waals surface area contributed by atoms with Crippen LogP contribution < -0.4 is 5.32 Å². The molecule has 0 saturated heterocycles. The van der Waals surface area contributed by atoms with Gasteiger partial charge in [0.25, 0.3) is 0 Å². The molecule has 2 nitrogen and oxygen atoms in total. The number of hydrogen-bond donors (Lipinski definition) is 1. The molecular weight excluding hydrogens is 148 g/mol. The highest BCUT2D eigenvalue weighted by Crippen LogP contribution is 2.13. The third kappa shape index (κ3) is 3.55. The first kappa shape index (κ1) is 11.9. The van der Waals surface area contributed by atoms with E-state index in [2.05, 4.69) is 58.9 Å². The van der Waals surface area contributed by atoms with Crippen LogP contribution in [0.3, 0.4) is 0 Å². The number of hydrogen-bond acceptors (Lipinski definition) is 2. The van der Waals surface area contributed by atoms with Gasteiger partial charge < -0.3 is 10.2 Å². The minimum atomic E-state index is 0.178. The molecule has 0 aliphatic heterocycles. The standard InChI is InChI=1S/C10H24N2/c1-8(2)11-10(4,5)9(3)12(6)7/h8-9,11H,1-7H3. The highest BCUT2D eigenvalue weighted by atomic mass is 15.2. The molecule has 0 spiro atoms. The lowest BCUT2D eigenvalue weighted by atomic mass is 9.94. The first-order valence-electron chi connectivity index (χ1n) is 4.71. The van der Waals surface area contributed by atoms with Gasteiger partial charge in [0.15, 0.2) is 0 Å². The van der Waals surface area contributed by atoms with Crippen molar-refractivity contribution in [1.29, 1.82) is 0 Å². The third-order valence-electron chi connectivity index (χ3n) is 2.48. The average Bonchev–Trinajstić information content (AvgIpc) is 1.82. The summed E-state index contributed by atoms with van der Waals surface area (Å²) in [4.78, 5) is 2.25. The van der Waals surface area contributed by atoms with E-state index in [0.29, 0.717) is 12.1 Å². The van der Waals surface area contributed by atoms with E-state index in [1.54, 1.807) is 0 Å². The van der Waals surface area contributed by atoms with Crippen molar-refractivity contribution in [3.8, 4) is 0 Å². The molecule has 0 amide bonds. The Morgan fingerprint density at radius 3 is 1.75 bits per heavy atom. The predicted octanol–water partition coefficient (Wildman–Crippen LogP) is 1.71. The van der Waals surface area contributed by atoms with Gasteiger partial charge in [-0.25, -0.2) is 0 Å². The van der Waals surface area contributed by atoms with E-state index in [1.807, 2.05) is 0 Å². The highest BCUT2D eigenvalue weighted by Gasteiger charge is 2.27. The van der Waals surface area contributed by atoms with Crippen molar-refractivity contribution in [2.75, 3.05) is 14.1 Å². The summed E-state index contributed by atoms with van der Waals surface area (Å²) in [5, 5.41) is 3.56. The van der Waals surface area contributed by atoms with Gasteiger partial charge in [-0.2, -0.15) is 0 Å². The van der Waals surface area contributed by atoms with Gasteiger partial charge in [-0.15, -0.1) is 0 Å². The second-order valence-corrected chi connectivity index (χ2v) is 4.66. The van der Waals surface area contributed by atoms with Crippen LogP contribution in [0.1, 0.15) is 34.6 Å². The summed E-state index contributed by atoms with van der Waals surface area (Å²) in [5.74, 6) is 0. The van der Waals surface area contributed by atoms with E-state index in [-0.39, 0.29) is 5.54 Å². The van der Waals surface area contributed by atoms with E-state index < -0.39 is 0 Å². The lowest BCUT2D eigenvalue weighted by Crippen LogP contribution is -2.55. The van der Waals surface area contributed by atoms with Gasteiger partial charge in [-0.05, 0) is 34.9 Å². The van der Waals surface area contributed by atoms with E-state index in [1.165, 1.54) is 0 Å². The number of nitrogens with one attached hydrogen (secondary N) is 1. The van der Waals surface area contributed by atoms with Gasteiger partial charge in [0.05, 0.1) is 0 Å². The Balaban J connectivity index is 4.18. The van der Waals surface area contributed by atoms with Crippen LogP contribution in [0, 0.1) is 0 Å². The number of nitrogens with zero attached hydrogens (tertiary/aromatic N) is 1. The molecule has 0 aromatic rings. The van der Waals surface area contributed by atoms with Crippen LogP contribution in [0.5, 0.6) is 0 Å². The first-order chi connectivity index (χ1) is 5.27.